The van der Waals surface area contributed by atoms with Crippen molar-refractivity contribution < 1.29 is 19.0 Å². The molecule has 0 radical (unpaired) electrons. The molecule has 162 valence electrons. The number of hydrogen-bond donors (Lipinski definition) is 2. The number of aromatic hydroxyl groups is 1. The second-order valence-corrected chi connectivity index (χ2v) is 7.38. The first-order chi connectivity index (χ1) is 14.5. The molecule has 0 saturated carbocycles. The Kier molecular flexibility index (Phi) is 7.52. The maximum absolute atomic E-state index is 13.3. The number of aliphatic imine (C=N–C) groups is 1. The number of nitrogens with one attached hydrogen (secondary N) is 1. The molecule has 0 bridgehead atoms. The van der Waals surface area contributed by atoms with Crippen molar-refractivity contribution in [3.05, 3.63) is 59.4 Å². The zero-order valence-corrected chi connectivity index (χ0v) is 17.8. The van der Waals surface area contributed by atoms with Gasteiger partial charge in [-0.15, -0.1) is 0 Å². The third-order valence-corrected chi connectivity index (χ3v) is 5.04. The number of phenols is 1. The van der Waals surface area contributed by atoms with Gasteiger partial charge in [-0.05, 0) is 55.7 Å². The van der Waals surface area contributed by atoms with Crippen molar-refractivity contribution in [3.8, 4) is 11.5 Å². The number of halogens is 1. The van der Waals surface area contributed by atoms with Crippen LogP contribution in [0.3, 0.4) is 0 Å². The SMILES string of the molecule is CCNC(=NCCc1ccc(O)c(OC)c1)N1CC(C)OC(c2ccc(F)cc2)C1. The van der Waals surface area contributed by atoms with E-state index in [1.165, 1.54) is 19.2 Å². The highest BCUT2D eigenvalue weighted by molar-refractivity contribution is 5.80. The van der Waals surface area contributed by atoms with Crippen LogP contribution in [-0.4, -0.2) is 55.4 Å². The molecule has 0 amide bonds. The molecule has 7 heteroatoms. The van der Waals surface area contributed by atoms with Crippen molar-refractivity contribution in [3.63, 3.8) is 0 Å². The average molecular weight is 416 g/mol. The lowest BCUT2D eigenvalue weighted by atomic mass is 10.1. The van der Waals surface area contributed by atoms with E-state index in [1.807, 2.05) is 26.0 Å². The van der Waals surface area contributed by atoms with Crippen molar-refractivity contribution in [1.82, 2.24) is 10.2 Å². The molecule has 1 aliphatic rings. The highest BCUT2D eigenvalue weighted by atomic mass is 19.1. The fraction of sp³-hybridized carbons (Fsp3) is 0.435. The van der Waals surface area contributed by atoms with Crippen LogP contribution < -0.4 is 10.1 Å². The monoisotopic (exact) mass is 415 g/mol. The van der Waals surface area contributed by atoms with Gasteiger partial charge in [0.15, 0.2) is 17.5 Å². The molecule has 2 unspecified atom stereocenters. The maximum Gasteiger partial charge on any atom is 0.194 e. The standard InChI is InChI=1S/C23H30FN3O3/c1-4-25-23(26-12-11-17-5-10-20(28)21(13-17)29-3)27-14-16(2)30-22(15-27)18-6-8-19(24)9-7-18/h5-10,13,16,22,28H,4,11-12,14-15H2,1-3H3,(H,25,26). The highest BCUT2D eigenvalue weighted by Crippen LogP contribution is 2.27. The van der Waals surface area contributed by atoms with E-state index in [-0.39, 0.29) is 23.8 Å². The molecule has 1 heterocycles. The molecule has 30 heavy (non-hydrogen) atoms. The molecule has 0 spiro atoms. The number of ether oxygens (including phenoxy) is 2. The lowest BCUT2D eigenvalue weighted by Crippen LogP contribution is -2.50. The molecular formula is C23H30FN3O3. The zero-order valence-electron chi connectivity index (χ0n) is 17.8. The Morgan fingerprint density at radius 2 is 2.03 bits per heavy atom. The first-order valence-electron chi connectivity index (χ1n) is 10.3. The minimum atomic E-state index is -0.250. The van der Waals surface area contributed by atoms with Crippen LogP contribution >= 0.6 is 0 Å². The number of guanidine groups is 1. The Labute approximate surface area is 177 Å². The Balaban J connectivity index is 1.69. The van der Waals surface area contributed by atoms with Gasteiger partial charge in [-0.1, -0.05) is 18.2 Å². The third kappa shape index (κ3) is 5.63. The summed E-state index contributed by atoms with van der Waals surface area (Å²) < 4.78 is 24.6. The predicted octanol–water partition coefficient (Wildman–Crippen LogP) is 3.51. The van der Waals surface area contributed by atoms with Crippen LogP contribution in [0.4, 0.5) is 4.39 Å². The second-order valence-electron chi connectivity index (χ2n) is 7.38. The molecule has 2 aromatic rings. The quantitative estimate of drug-likeness (QED) is 0.558. The molecule has 2 aromatic carbocycles. The lowest BCUT2D eigenvalue weighted by molar-refractivity contribution is -0.0605. The summed E-state index contributed by atoms with van der Waals surface area (Å²) in [6.45, 7) is 6.82. The average Bonchev–Trinajstić information content (AvgIpc) is 2.74. The van der Waals surface area contributed by atoms with Gasteiger partial charge in [0.2, 0.25) is 0 Å². The van der Waals surface area contributed by atoms with E-state index in [0.29, 0.717) is 18.8 Å². The van der Waals surface area contributed by atoms with Gasteiger partial charge in [0.05, 0.1) is 19.8 Å². The van der Waals surface area contributed by atoms with E-state index < -0.39 is 0 Å². The van der Waals surface area contributed by atoms with Crippen molar-refractivity contribution >= 4 is 5.96 Å². The van der Waals surface area contributed by atoms with Crippen LogP contribution in [-0.2, 0) is 11.2 Å². The van der Waals surface area contributed by atoms with E-state index >= 15 is 0 Å². The topological polar surface area (TPSA) is 66.3 Å². The Hall–Kier alpha value is -2.80. The molecule has 3 rings (SSSR count). The molecule has 2 N–H and O–H groups in total. The van der Waals surface area contributed by atoms with E-state index in [9.17, 15) is 9.50 Å². The summed E-state index contributed by atoms with van der Waals surface area (Å²) in [6.07, 6.45) is 0.617. The van der Waals surface area contributed by atoms with Gasteiger partial charge in [-0.25, -0.2) is 4.39 Å². The van der Waals surface area contributed by atoms with Crippen LogP contribution in [0, 0.1) is 5.82 Å². The fourth-order valence-electron chi connectivity index (χ4n) is 3.58. The molecule has 1 fully saturated rings. The molecule has 6 nitrogen and oxygen atoms in total. The van der Waals surface area contributed by atoms with E-state index in [4.69, 9.17) is 14.5 Å². The van der Waals surface area contributed by atoms with Gasteiger partial charge in [0, 0.05) is 19.6 Å². The third-order valence-electron chi connectivity index (χ3n) is 5.04. The van der Waals surface area contributed by atoms with Crippen molar-refractivity contribution in [2.45, 2.75) is 32.5 Å². The van der Waals surface area contributed by atoms with Gasteiger partial charge in [-0.3, -0.25) is 4.99 Å². The number of benzene rings is 2. The Bertz CT molecular complexity index is 857. The van der Waals surface area contributed by atoms with Crippen LogP contribution in [0.2, 0.25) is 0 Å². The molecule has 1 saturated heterocycles. The van der Waals surface area contributed by atoms with E-state index in [2.05, 4.69) is 10.2 Å². The summed E-state index contributed by atoms with van der Waals surface area (Å²) in [5.74, 6) is 1.19. The zero-order chi connectivity index (χ0) is 21.5. The van der Waals surface area contributed by atoms with Crippen LogP contribution in [0.25, 0.3) is 0 Å². The van der Waals surface area contributed by atoms with Crippen LogP contribution in [0.1, 0.15) is 31.1 Å². The fourth-order valence-corrected chi connectivity index (χ4v) is 3.58. The predicted molar refractivity (Wildman–Crippen MR) is 116 cm³/mol. The maximum atomic E-state index is 13.3. The molecule has 2 atom stereocenters. The Morgan fingerprint density at radius 1 is 1.27 bits per heavy atom. The number of rotatable bonds is 6. The smallest absolute Gasteiger partial charge is 0.194 e. The molecule has 0 aliphatic carbocycles. The number of nitrogens with zero attached hydrogens (tertiary/aromatic N) is 2. The summed E-state index contributed by atoms with van der Waals surface area (Å²) >= 11 is 0. The minimum Gasteiger partial charge on any atom is -0.504 e. The highest BCUT2D eigenvalue weighted by Gasteiger charge is 2.28. The molecule has 0 aromatic heterocycles. The van der Waals surface area contributed by atoms with E-state index in [0.717, 1.165) is 36.6 Å². The van der Waals surface area contributed by atoms with Crippen molar-refractivity contribution in [2.75, 3.05) is 33.3 Å². The van der Waals surface area contributed by atoms with Crippen LogP contribution in [0.5, 0.6) is 11.5 Å². The van der Waals surface area contributed by atoms with E-state index in [1.54, 1.807) is 18.2 Å². The van der Waals surface area contributed by atoms with Gasteiger partial charge >= 0.3 is 0 Å². The normalized spacial score (nSPS) is 19.6. The number of methoxy groups -OCH3 is 1. The van der Waals surface area contributed by atoms with Gasteiger partial charge in [0.25, 0.3) is 0 Å². The number of phenolic OH excluding ortho intramolecular Hbond substituents is 1. The first-order valence-corrected chi connectivity index (χ1v) is 10.3. The molecular weight excluding hydrogens is 385 g/mol. The summed E-state index contributed by atoms with van der Waals surface area (Å²) in [4.78, 5) is 7.00. The van der Waals surface area contributed by atoms with Crippen molar-refractivity contribution in [2.24, 2.45) is 4.99 Å². The minimum absolute atomic E-state index is 0.0269. The van der Waals surface area contributed by atoms with Gasteiger partial charge in [-0.2, -0.15) is 0 Å². The summed E-state index contributed by atoms with van der Waals surface area (Å²) in [5.41, 5.74) is 2.00. The van der Waals surface area contributed by atoms with Gasteiger partial charge in [0.1, 0.15) is 11.9 Å². The lowest BCUT2D eigenvalue weighted by Gasteiger charge is -2.38. The Morgan fingerprint density at radius 3 is 2.73 bits per heavy atom. The summed E-state index contributed by atoms with van der Waals surface area (Å²) in [5, 5.41) is 13.1. The van der Waals surface area contributed by atoms with Crippen molar-refractivity contribution in [1.29, 1.82) is 0 Å². The summed E-state index contributed by atoms with van der Waals surface area (Å²) in [6, 6.07) is 11.8. The number of hydrogen-bond acceptors (Lipinski definition) is 4. The summed E-state index contributed by atoms with van der Waals surface area (Å²) in [7, 11) is 1.54. The molecule has 1 aliphatic heterocycles. The van der Waals surface area contributed by atoms with Crippen LogP contribution in [0.15, 0.2) is 47.5 Å². The number of morpholine rings is 1. The second kappa shape index (κ2) is 10.3. The first kappa shape index (κ1) is 21.9. The largest absolute Gasteiger partial charge is 0.504 e. The van der Waals surface area contributed by atoms with Gasteiger partial charge < -0.3 is 24.8 Å².